The molecular weight excluding hydrogens is 1430 g/mol. The zero-order valence-electron chi connectivity index (χ0n) is 62.2. The molecule has 32 heteroatoms. The van der Waals surface area contributed by atoms with Gasteiger partial charge in [-0.15, -0.1) is 0 Å². The lowest BCUT2D eigenvalue weighted by molar-refractivity contribution is -0.130. The molecule has 3 saturated carbocycles. The number of carbonyl (C=O) groups excluding carboxylic acids is 5. The van der Waals surface area contributed by atoms with Crippen molar-refractivity contribution in [1.29, 1.82) is 15.8 Å². The third kappa shape index (κ3) is 16.9. The summed E-state index contributed by atoms with van der Waals surface area (Å²) in [6.07, 6.45) is 18.1. The van der Waals surface area contributed by atoms with E-state index in [-0.39, 0.29) is 76.7 Å². The fraction of sp³-hybridized carbons (Fsp3) is 0.388. The van der Waals surface area contributed by atoms with Gasteiger partial charge in [0.05, 0.1) is 91.2 Å². The van der Waals surface area contributed by atoms with Crippen molar-refractivity contribution in [3.05, 3.63) is 160 Å². The Morgan fingerprint density at radius 2 is 0.884 bits per heavy atom. The summed E-state index contributed by atoms with van der Waals surface area (Å²) < 4.78 is 15.8. The molecule has 14 N–H and O–H groups in total. The first kappa shape index (κ1) is 79.5. The molecule has 0 bridgehead atoms. The fourth-order valence-corrected chi connectivity index (χ4v) is 16.0. The smallest absolute Gasteiger partial charge is 0.410 e. The Morgan fingerprint density at radius 3 is 1.20 bits per heavy atom. The Kier molecular flexibility index (Phi) is 23.3. The van der Waals surface area contributed by atoms with E-state index in [1.54, 1.807) is 100 Å². The second-order valence-corrected chi connectivity index (χ2v) is 30.1. The van der Waals surface area contributed by atoms with Crippen LogP contribution in [0.15, 0.2) is 110 Å². The van der Waals surface area contributed by atoms with Crippen molar-refractivity contribution in [1.82, 2.24) is 73.8 Å². The van der Waals surface area contributed by atoms with Crippen LogP contribution in [0.1, 0.15) is 182 Å². The first-order valence-corrected chi connectivity index (χ1v) is 36.2. The Bertz CT molecular complexity index is 5360. The highest BCUT2D eigenvalue weighted by atomic mass is 16.6. The van der Waals surface area contributed by atoms with Crippen molar-refractivity contribution in [2.75, 3.05) is 56.5 Å². The fourth-order valence-electron chi connectivity index (χ4n) is 16.0. The van der Waals surface area contributed by atoms with Gasteiger partial charge in [0.2, 0.25) is 0 Å². The van der Waals surface area contributed by atoms with E-state index in [1.165, 1.54) is 6.92 Å². The molecule has 112 heavy (non-hydrogen) atoms. The van der Waals surface area contributed by atoms with Crippen LogP contribution in [0.4, 0.5) is 22.2 Å². The molecule has 9 aromatic rings. The highest BCUT2D eigenvalue weighted by Gasteiger charge is 2.53. The molecule has 3 aromatic carbocycles. The number of aromatic nitrogens is 12. The molecule has 0 radical (unpaired) electrons. The summed E-state index contributed by atoms with van der Waals surface area (Å²) in [6, 6.07) is 28.8. The number of nitrogens with one attached hydrogen (secondary N) is 1. The highest BCUT2D eigenvalue weighted by Crippen LogP contribution is 2.57. The number of carboxylic acids is 1. The number of hydrogen-bond donors (Lipinski definition) is 8. The maximum atomic E-state index is 12.5. The van der Waals surface area contributed by atoms with Crippen molar-refractivity contribution >= 4 is 53.1 Å². The van der Waals surface area contributed by atoms with Crippen LogP contribution in [0, 0.1) is 73.9 Å². The number of anilines is 3. The Morgan fingerprint density at radius 1 is 0.536 bits per heavy atom. The van der Waals surface area contributed by atoms with Crippen LogP contribution < -0.4 is 39.7 Å². The number of carbonyl (C=O) groups is 6. The second-order valence-electron chi connectivity index (χ2n) is 30.1. The average molecular weight is 1520 g/mol. The van der Waals surface area contributed by atoms with Crippen LogP contribution in [-0.4, -0.2) is 154 Å². The number of likely N-dealkylation sites (tertiary alicyclic amines) is 2. The maximum Gasteiger partial charge on any atom is 0.410 e. The largest absolute Gasteiger partial charge is 0.472 e. The SMILES string of the molecule is C.CC#CC(=O)N1CCC2(CC(n3nc(-c4cnn(Cc5ccccc5C#N)c4)c(C(N)=O)c3N)C2)C1.CC#CC(=O)O.CC(C)(C)OC(=O)N1CCC2(CC(n3nc(-c4cnn(Cc5ccccc5C#N)c4)c(C(N)=O)c3N)C2)C1.N#Cc1ccccc1Cn1cc(-c2nn(C3CC4(CCNC4)C3)c(N)c2C(N)=O)cn1. The summed E-state index contributed by atoms with van der Waals surface area (Å²) in [6.45, 7) is 14.7. The van der Waals surface area contributed by atoms with Crippen molar-refractivity contribution in [2.24, 2.45) is 33.4 Å². The summed E-state index contributed by atoms with van der Waals surface area (Å²) in [5.41, 5.74) is 44.0. The first-order valence-electron chi connectivity index (χ1n) is 36.2. The number of rotatable bonds is 15. The van der Waals surface area contributed by atoms with Gasteiger partial charge in [0, 0.05) is 73.9 Å². The van der Waals surface area contributed by atoms with E-state index in [9.17, 15) is 44.6 Å². The summed E-state index contributed by atoms with van der Waals surface area (Å²) in [7, 11) is 0. The summed E-state index contributed by atoms with van der Waals surface area (Å²) in [4.78, 5) is 74.6. The van der Waals surface area contributed by atoms with Crippen LogP contribution >= 0.6 is 0 Å². The molecule has 6 aromatic heterocycles. The van der Waals surface area contributed by atoms with E-state index in [2.05, 4.69) is 56.6 Å². The predicted octanol–water partition coefficient (Wildman–Crippen LogP) is 7.63. The third-order valence-corrected chi connectivity index (χ3v) is 21.4. The van der Waals surface area contributed by atoms with Gasteiger partial charge in [-0.1, -0.05) is 73.9 Å². The van der Waals surface area contributed by atoms with E-state index >= 15 is 0 Å². The minimum Gasteiger partial charge on any atom is -0.472 e. The summed E-state index contributed by atoms with van der Waals surface area (Å²) in [5, 5.41) is 66.5. The molecule has 5 amide bonds. The Hall–Kier alpha value is -13.5. The first-order chi connectivity index (χ1) is 53.1. The van der Waals surface area contributed by atoms with E-state index < -0.39 is 29.3 Å². The number of aliphatic carboxylic acids is 1. The molecule has 6 fully saturated rings. The Labute approximate surface area is 647 Å². The molecule has 0 atom stereocenters. The predicted molar refractivity (Wildman–Crippen MR) is 414 cm³/mol. The third-order valence-electron chi connectivity index (χ3n) is 21.4. The topological polar surface area (TPSA) is 485 Å². The van der Waals surface area contributed by atoms with Gasteiger partial charge in [0.1, 0.15) is 56.8 Å². The lowest BCUT2D eigenvalue weighted by Gasteiger charge is -2.45. The standard InChI is InChI=1S/C27H32N8O3.C26H26N8O2.C22H24N8O.C4H4O2.CH4/c1-26(2,3)38-25(37)33-9-8-27(16-33)10-20(11-27)35-23(29)21(24(30)36)22(32-35)19-13-31-34(15-19)14-18-7-5-4-6-17(18)12-28;1-2-5-21(35)32-9-8-26(16-32)10-20(11-26)34-24(28)22(25(29)36)23(31-34)19-13-30-33(15-19)14-18-7-4-3-6-17(18)12-27;23-9-14-3-1-2-4-15(14)11-29-12-16(10-27-29)19-18(21(25)31)20(24)30(28-19)17-7-22(8-17)5-6-26-13-22;1-2-3-4(5)6;/h4-7,13,15,20H,8-11,14,16,29H2,1-3H3,(H2,30,36);3-4,6-7,13,15,20H,8-11,14,16,28H2,1H3,(H2,29,36);1-4,10,12,17,26H,5-8,11,13,24H2,(H2,25,31);1H3,(H,5,6);1H4. The number of nitrogens with two attached hydrogens (primary N) is 6. The van der Waals surface area contributed by atoms with Crippen molar-refractivity contribution < 1.29 is 38.6 Å². The van der Waals surface area contributed by atoms with Gasteiger partial charge in [-0.3, -0.25) is 33.2 Å². The van der Waals surface area contributed by atoms with E-state index in [4.69, 9.17) is 59.5 Å². The number of carboxylic acid groups (broad SMARTS) is 1. The van der Waals surface area contributed by atoms with Crippen LogP contribution in [0.5, 0.6) is 0 Å². The number of ether oxygens (including phenoxy) is 1. The lowest BCUT2D eigenvalue weighted by atomic mass is 9.65. The Balaban J connectivity index is 0.000000160. The lowest BCUT2D eigenvalue weighted by Crippen LogP contribution is -2.43. The molecule has 9 heterocycles. The van der Waals surface area contributed by atoms with Crippen LogP contribution in [-0.2, 0) is 34.0 Å². The number of benzene rings is 3. The molecule has 3 saturated heterocycles. The van der Waals surface area contributed by atoms with Crippen molar-refractivity contribution in [3.8, 4) is 75.7 Å². The van der Waals surface area contributed by atoms with Gasteiger partial charge in [-0.2, -0.15) is 46.4 Å². The van der Waals surface area contributed by atoms with Gasteiger partial charge in [-0.05, 0) is 156 Å². The van der Waals surface area contributed by atoms with E-state index in [1.807, 2.05) is 81.3 Å². The maximum absolute atomic E-state index is 12.5. The average Bonchev–Trinajstić information content (AvgIpc) is 1.58. The number of nitrogens with zero attached hydrogens (tertiary/aromatic N) is 17. The van der Waals surface area contributed by atoms with Crippen molar-refractivity contribution in [3.63, 3.8) is 0 Å². The second kappa shape index (κ2) is 32.7. The van der Waals surface area contributed by atoms with Gasteiger partial charge < -0.3 is 59.4 Å². The number of primary amides is 3. The molecule has 32 nitrogen and oxygen atoms in total. The van der Waals surface area contributed by atoms with Gasteiger partial charge in [0.15, 0.2) is 0 Å². The molecule has 3 aliphatic carbocycles. The molecular formula is C80H90N24O8. The monoisotopic (exact) mass is 1510 g/mol. The molecule has 578 valence electrons. The minimum atomic E-state index is -1.07. The molecule has 6 aliphatic rings. The van der Waals surface area contributed by atoms with Gasteiger partial charge in [-0.25, -0.2) is 23.6 Å². The summed E-state index contributed by atoms with van der Waals surface area (Å²) >= 11 is 0. The highest BCUT2D eigenvalue weighted by molar-refractivity contribution is 6.05. The number of nitriles is 3. The number of hydrogen-bond acceptors (Lipinski definition) is 20. The minimum absolute atomic E-state index is 0. The quantitative estimate of drug-likeness (QED) is 0.0457. The van der Waals surface area contributed by atoms with Gasteiger partial charge >= 0.3 is 12.1 Å². The zero-order chi connectivity index (χ0) is 79.3. The van der Waals surface area contributed by atoms with Crippen molar-refractivity contribution in [2.45, 2.75) is 143 Å². The van der Waals surface area contributed by atoms with Crippen LogP contribution in [0.25, 0.3) is 33.8 Å². The van der Waals surface area contributed by atoms with Crippen LogP contribution in [0.2, 0.25) is 0 Å². The molecule has 3 spiro atoms. The number of amides is 5. The molecule has 15 rings (SSSR count). The number of nitrogen functional groups attached to an aromatic ring is 3. The van der Waals surface area contributed by atoms with Gasteiger partial charge in [0.25, 0.3) is 23.6 Å². The van der Waals surface area contributed by atoms with E-state index in [0.29, 0.717) is 108 Å². The summed E-state index contributed by atoms with van der Waals surface area (Å²) in [5.74, 6) is 7.05. The molecule has 0 unspecified atom stereocenters. The van der Waals surface area contributed by atoms with Crippen LogP contribution in [0.3, 0.4) is 0 Å². The van der Waals surface area contributed by atoms with E-state index in [0.717, 1.165) is 87.6 Å². The zero-order valence-corrected chi connectivity index (χ0v) is 62.2. The molecule has 3 aliphatic heterocycles. The normalized spacial score (nSPS) is 20.1.